The predicted molar refractivity (Wildman–Crippen MR) is 68.7 cm³/mol. The smallest absolute Gasteiger partial charge is 0.181 e. The fourth-order valence-electron chi connectivity index (χ4n) is 1.60. The Bertz CT molecular complexity index is 554. The van der Waals surface area contributed by atoms with Crippen LogP contribution in [0.15, 0.2) is 18.2 Å². The Morgan fingerprint density at radius 1 is 1.33 bits per heavy atom. The number of halogens is 1. The van der Waals surface area contributed by atoms with Gasteiger partial charge in [-0.25, -0.2) is 4.98 Å². The van der Waals surface area contributed by atoms with Crippen molar-refractivity contribution >= 4 is 11.6 Å². The van der Waals surface area contributed by atoms with Crippen LogP contribution in [0.25, 0.3) is 11.4 Å². The van der Waals surface area contributed by atoms with Crippen molar-refractivity contribution in [3.05, 3.63) is 29.0 Å². The molecule has 5 nitrogen and oxygen atoms in total. The number of aromatic nitrogens is 3. The zero-order valence-corrected chi connectivity index (χ0v) is 11.2. The van der Waals surface area contributed by atoms with E-state index in [4.69, 9.17) is 21.1 Å². The summed E-state index contributed by atoms with van der Waals surface area (Å²) in [4.78, 5) is 4.39. The van der Waals surface area contributed by atoms with E-state index in [1.165, 1.54) is 0 Å². The number of nitrogens with zero attached hydrogens (tertiary/aromatic N) is 3. The number of rotatable bonds is 4. The summed E-state index contributed by atoms with van der Waals surface area (Å²) in [6, 6.07) is 5.45. The molecular weight excluding hydrogens is 254 g/mol. The second-order valence-corrected chi connectivity index (χ2v) is 4.16. The van der Waals surface area contributed by atoms with Crippen molar-refractivity contribution in [2.45, 2.75) is 6.61 Å². The zero-order chi connectivity index (χ0) is 13.1. The molecular formula is C12H14ClN3O2. The molecule has 0 aliphatic carbocycles. The average molecular weight is 268 g/mol. The van der Waals surface area contributed by atoms with Crippen LogP contribution in [0.1, 0.15) is 5.82 Å². The molecule has 0 aliphatic heterocycles. The molecule has 0 bridgehead atoms. The minimum absolute atomic E-state index is 0.424. The Hall–Kier alpha value is -1.59. The molecule has 0 unspecified atom stereocenters. The summed E-state index contributed by atoms with van der Waals surface area (Å²) in [6.45, 7) is 0.424. The second-order valence-electron chi connectivity index (χ2n) is 3.76. The Labute approximate surface area is 110 Å². The van der Waals surface area contributed by atoms with Gasteiger partial charge in [0, 0.05) is 19.7 Å². The van der Waals surface area contributed by atoms with Crippen LogP contribution in [0.5, 0.6) is 5.75 Å². The maximum Gasteiger partial charge on any atom is 0.181 e. The quantitative estimate of drug-likeness (QED) is 0.853. The highest BCUT2D eigenvalue weighted by Crippen LogP contribution is 2.28. The number of hydrogen-bond acceptors (Lipinski definition) is 4. The molecule has 0 saturated carbocycles. The first kappa shape index (κ1) is 12.9. The van der Waals surface area contributed by atoms with E-state index in [1.54, 1.807) is 31.0 Å². The van der Waals surface area contributed by atoms with Gasteiger partial charge in [-0.1, -0.05) is 11.6 Å². The molecule has 0 spiro atoms. The first-order chi connectivity index (χ1) is 8.65. The van der Waals surface area contributed by atoms with Gasteiger partial charge in [0.1, 0.15) is 12.4 Å². The molecule has 1 aromatic heterocycles. The summed E-state index contributed by atoms with van der Waals surface area (Å²) in [5.74, 6) is 2.02. The van der Waals surface area contributed by atoms with Gasteiger partial charge in [-0.3, -0.25) is 4.68 Å². The van der Waals surface area contributed by atoms with E-state index < -0.39 is 0 Å². The Kier molecular flexibility index (Phi) is 3.84. The topological polar surface area (TPSA) is 49.2 Å². The molecule has 0 aliphatic rings. The van der Waals surface area contributed by atoms with Crippen molar-refractivity contribution in [3.63, 3.8) is 0 Å². The highest BCUT2D eigenvalue weighted by atomic mass is 35.5. The lowest BCUT2D eigenvalue weighted by Gasteiger charge is -2.03. The van der Waals surface area contributed by atoms with Gasteiger partial charge in [0.25, 0.3) is 0 Å². The zero-order valence-electron chi connectivity index (χ0n) is 10.5. The Morgan fingerprint density at radius 2 is 2.11 bits per heavy atom. The molecule has 0 radical (unpaired) electrons. The maximum absolute atomic E-state index is 6.08. The lowest BCUT2D eigenvalue weighted by Crippen LogP contribution is -2.00. The van der Waals surface area contributed by atoms with Crippen molar-refractivity contribution in [3.8, 4) is 17.1 Å². The van der Waals surface area contributed by atoms with Gasteiger partial charge in [0.2, 0.25) is 0 Å². The number of methoxy groups -OCH3 is 2. The van der Waals surface area contributed by atoms with Crippen LogP contribution >= 0.6 is 11.6 Å². The molecule has 0 atom stereocenters. The molecule has 0 saturated heterocycles. The minimum atomic E-state index is 0.424. The van der Waals surface area contributed by atoms with Crippen LogP contribution in [-0.2, 0) is 18.4 Å². The van der Waals surface area contributed by atoms with E-state index in [0.29, 0.717) is 23.2 Å². The van der Waals surface area contributed by atoms with Gasteiger partial charge in [0.15, 0.2) is 11.6 Å². The molecule has 18 heavy (non-hydrogen) atoms. The molecule has 2 rings (SSSR count). The molecule has 1 heterocycles. The molecule has 0 amide bonds. The van der Waals surface area contributed by atoms with Crippen molar-refractivity contribution < 1.29 is 9.47 Å². The molecule has 1 aromatic carbocycles. The van der Waals surface area contributed by atoms with Crippen LogP contribution in [-0.4, -0.2) is 29.0 Å². The highest BCUT2D eigenvalue weighted by Gasteiger charge is 2.11. The monoisotopic (exact) mass is 267 g/mol. The van der Waals surface area contributed by atoms with Gasteiger partial charge >= 0.3 is 0 Å². The molecule has 0 N–H and O–H groups in total. The van der Waals surface area contributed by atoms with Crippen LogP contribution in [0.2, 0.25) is 5.02 Å². The lowest BCUT2D eigenvalue weighted by molar-refractivity contribution is 0.174. The number of hydrogen-bond donors (Lipinski definition) is 0. The van der Waals surface area contributed by atoms with Crippen molar-refractivity contribution in [1.29, 1.82) is 0 Å². The minimum Gasteiger partial charge on any atom is -0.495 e. The van der Waals surface area contributed by atoms with Crippen LogP contribution in [0.4, 0.5) is 0 Å². The average Bonchev–Trinajstić information content (AvgIpc) is 2.71. The molecule has 2 aromatic rings. The second kappa shape index (κ2) is 5.37. The molecule has 96 valence electrons. The van der Waals surface area contributed by atoms with Gasteiger partial charge in [0.05, 0.1) is 12.1 Å². The van der Waals surface area contributed by atoms with Crippen molar-refractivity contribution in [2.24, 2.45) is 7.05 Å². The summed E-state index contributed by atoms with van der Waals surface area (Å²) in [5.41, 5.74) is 0.846. The third-order valence-corrected chi connectivity index (χ3v) is 2.83. The molecule has 6 heteroatoms. The largest absolute Gasteiger partial charge is 0.495 e. The van der Waals surface area contributed by atoms with Crippen LogP contribution in [0, 0.1) is 0 Å². The summed E-state index contributed by atoms with van der Waals surface area (Å²) in [7, 11) is 5.03. The first-order valence-electron chi connectivity index (χ1n) is 5.38. The first-order valence-corrected chi connectivity index (χ1v) is 5.76. The normalized spacial score (nSPS) is 10.7. The van der Waals surface area contributed by atoms with E-state index in [9.17, 15) is 0 Å². The van der Waals surface area contributed by atoms with Crippen LogP contribution < -0.4 is 4.74 Å². The van der Waals surface area contributed by atoms with Gasteiger partial charge in [-0.05, 0) is 18.2 Å². The Morgan fingerprint density at radius 3 is 2.72 bits per heavy atom. The number of benzene rings is 1. The number of ether oxygens (including phenoxy) is 2. The van der Waals surface area contributed by atoms with Gasteiger partial charge < -0.3 is 9.47 Å². The van der Waals surface area contributed by atoms with Crippen LogP contribution in [0.3, 0.4) is 0 Å². The van der Waals surface area contributed by atoms with E-state index in [2.05, 4.69) is 10.1 Å². The SMILES string of the molecule is COCc1nc(-c2ccc(OC)c(Cl)c2)nn1C. The number of aryl methyl sites for hydroxylation is 1. The van der Waals surface area contributed by atoms with E-state index in [0.717, 1.165) is 11.4 Å². The third-order valence-electron chi connectivity index (χ3n) is 2.54. The van der Waals surface area contributed by atoms with E-state index in [-0.39, 0.29) is 0 Å². The third kappa shape index (κ3) is 2.47. The summed E-state index contributed by atoms with van der Waals surface area (Å²) < 4.78 is 11.8. The van der Waals surface area contributed by atoms with Crippen molar-refractivity contribution in [1.82, 2.24) is 14.8 Å². The Balaban J connectivity index is 2.36. The fraction of sp³-hybridized carbons (Fsp3) is 0.333. The standard InChI is InChI=1S/C12H14ClN3O2/c1-16-11(7-17-2)14-12(15-16)8-4-5-10(18-3)9(13)6-8/h4-6H,7H2,1-3H3. The molecule has 0 fully saturated rings. The van der Waals surface area contributed by atoms with E-state index >= 15 is 0 Å². The highest BCUT2D eigenvalue weighted by molar-refractivity contribution is 6.32. The fourth-order valence-corrected chi connectivity index (χ4v) is 1.86. The van der Waals surface area contributed by atoms with Gasteiger partial charge in [-0.2, -0.15) is 5.10 Å². The van der Waals surface area contributed by atoms with E-state index in [1.807, 2.05) is 13.1 Å². The lowest BCUT2D eigenvalue weighted by atomic mass is 10.2. The summed E-state index contributed by atoms with van der Waals surface area (Å²) in [5, 5.41) is 4.86. The predicted octanol–water partition coefficient (Wildman–Crippen LogP) is 2.29. The summed E-state index contributed by atoms with van der Waals surface area (Å²) in [6.07, 6.45) is 0. The summed E-state index contributed by atoms with van der Waals surface area (Å²) >= 11 is 6.08. The van der Waals surface area contributed by atoms with Crippen molar-refractivity contribution in [2.75, 3.05) is 14.2 Å². The van der Waals surface area contributed by atoms with Gasteiger partial charge in [-0.15, -0.1) is 0 Å². The maximum atomic E-state index is 6.08.